The Morgan fingerprint density at radius 3 is 2.95 bits per heavy atom. The summed E-state index contributed by atoms with van der Waals surface area (Å²) < 4.78 is 7.32. The average Bonchev–Trinajstić information content (AvgIpc) is 2.89. The fourth-order valence-corrected chi connectivity index (χ4v) is 2.22. The highest BCUT2D eigenvalue weighted by molar-refractivity contribution is 5.92. The number of aromatic nitrogens is 1. The molecule has 0 bridgehead atoms. The van der Waals surface area contributed by atoms with Crippen molar-refractivity contribution in [3.8, 4) is 0 Å². The second kappa shape index (κ2) is 6.09. The molecule has 1 saturated heterocycles. The van der Waals surface area contributed by atoms with Gasteiger partial charge in [0.25, 0.3) is 5.91 Å². The van der Waals surface area contributed by atoms with E-state index >= 15 is 0 Å². The van der Waals surface area contributed by atoms with Gasteiger partial charge in [-0.3, -0.25) is 9.59 Å². The van der Waals surface area contributed by atoms with Gasteiger partial charge in [-0.05, 0) is 26.0 Å². The summed E-state index contributed by atoms with van der Waals surface area (Å²) in [5.41, 5.74) is 0.639. The molecule has 1 fully saturated rings. The molecule has 0 aromatic carbocycles. The number of hydrogen-bond acceptors (Lipinski definition) is 3. The number of likely N-dealkylation sites (N-methyl/N-ethyl adjacent to an activating group) is 1. The number of morpholine rings is 1. The summed E-state index contributed by atoms with van der Waals surface area (Å²) in [6, 6.07) is 3.89. The first-order valence-electron chi connectivity index (χ1n) is 6.79. The standard InChI is InChI=1S/C14H21N3O3/c1-10(2)17-6-4-5-12(17)14(19)15-7-11-8-16(3)13(18)9-20-11/h4-6,10-11H,7-9H2,1-3H3,(H,15,19)/t11-/m1/s1. The number of amides is 2. The molecule has 0 unspecified atom stereocenters. The third-order valence-electron chi connectivity index (χ3n) is 3.40. The van der Waals surface area contributed by atoms with Crippen LogP contribution in [0.15, 0.2) is 18.3 Å². The number of ether oxygens (including phenoxy) is 1. The van der Waals surface area contributed by atoms with Crippen LogP contribution in [-0.2, 0) is 9.53 Å². The van der Waals surface area contributed by atoms with E-state index in [0.717, 1.165) is 0 Å². The molecule has 1 aliphatic heterocycles. The molecule has 0 aliphatic carbocycles. The summed E-state index contributed by atoms with van der Waals surface area (Å²) in [5.74, 6) is -0.145. The Morgan fingerprint density at radius 1 is 1.55 bits per heavy atom. The molecule has 1 atom stereocenters. The van der Waals surface area contributed by atoms with E-state index in [-0.39, 0.29) is 30.6 Å². The zero-order valence-corrected chi connectivity index (χ0v) is 12.1. The molecular weight excluding hydrogens is 258 g/mol. The molecular formula is C14H21N3O3. The van der Waals surface area contributed by atoms with Gasteiger partial charge in [0, 0.05) is 32.4 Å². The fraction of sp³-hybridized carbons (Fsp3) is 0.571. The van der Waals surface area contributed by atoms with Crippen LogP contribution in [0.2, 0.25) is 0 Å². The topological polar surface area (TPSA) is 63.6 Å². The van der Waals surface area contributed by atoms with Crippen LogP contribution in [0.5, 0.6) is 0 Å². The molecule has 1 N–H and O–H groups in total. The van der Waals surface area contributed by atoms with Gasteiger partial charge in [-0.1, -0.05) is 0 Å². The summed E-state index contributed by atoms with van der Waals surface area (Å²) in [6.45, 7) is 5.05. The first kappa shape index (κ1) is 14.6. The third-order valence-corrected chi connectivity index (χ3v) is 3.40. The Hall–Kier alpha value is -1.82. The molecule has 1 aromatic heterocycles. The van der Waals surface area contributed by atoms with Gasteiger partial charge in [0.2, 0.25) is 5.91 Å². The molecule has 20 heavy (non-hydrogen) atoms. The third kappa shape index (κ3) is 3.19. The highest BCUT2D eigenvalue weighted by Gasteiger charge is 2.24. The van der Waals surface area contributed by atoms with Crippen LogP contribution in [-0.4, -0.2) is 54.1 Å². The van der Waals surface area contributed by atoms with E-state index in [9.17, 15) is 9.59 Å². The van der Waals surface area contributed by atoms with E-state index in [1.165, 1.54) is 0 Å². The number of carbonyl (C=O) groups excluding carboxylic acids is 2. The van der Waals surface area contributed by atoms with Gasteiger partial charge in [-0.2, -0.15) is 0 Å². The quantitative estimate of drug-likeness (QED) is 0.880. The fourth-order valence-electron chi connectivity index (χ4n) is 2.22. The van der Waals surface area contributed by atoms with E-state index in [4.69, 9.17) is 4.74 Å². The van der Waals surface area contributed by atoms with Crippen molar-refractivity contribution in [1.29, 1.82) is 0 Å². The van der Waals surface area contributed by atoms with Crippen molar-refractivity contribution in [3.63, 3.8) is 0 Å². The van der Waals surface area contributed by atoms with Gasteiger partial charge >= 0.3 is 0 Å². The largest absolute Gasteiger partial charge is 0.365 e. The van der Waals surface area contributed by atoms with Crippen molar-refractivity contribution in [2.45, 2.75) is 26.0 Å². The molecule has 0 radical (unpaired) electrons. The van der Waals surface area contributed by atoms with Crippen molar-refractivity contribution in [2.75, 3.05) is 26.7 Å². The second-order valence-electron chi connectivity index (χ2n) is 5.31. The lowest BCUT2D eigenvalue weighted by atomic mass is 10.2. The lowest BCUT2D eigenvalue weighted by Gasteiger charge is -2.30. The van der Waals surface area contributed by atoms with E-state index in [0.29, 0.717) is 18.8 Å². The number of nitrogens with one attached hydrogen (secondary N) is 1. The van der Waals surface area contributed by atoms with Gasteiger partial charge in [-0.15, -0.1) is 0 Å². The van der Waals surface area contributed by atoms with Gasteiger partial charge in [0.1, 0.15) is 12.3 Å². The summed E-state index contributed by atoms with van der Waals surface area (Å²) in [4.78, 5) is 25.1. The molecule has 0 saturated carbocycles. The van der Waals surface area contributed by atoms with Crippen LogP contribution in [0.1, 0.15) is 30.4 Å². The van der Waals surface area contributed by atoms with Crippen LogP contribution in [0.4, 0.5) is 0 Å². The van der Waals surface area contributed by atoms with E-state index in [1.807, 2.05) is 30.7 Å². The van der Waals surface area contributed by atoms with E-state index < -0.39 is 0 Å². The first-order valence-corrected chi connectivity index (χ1v) is 6.79. The summed E-state index contributed by atoms with van der Waals surface area (Å²) in [5, 5.41) is 2.86. The number of hydrogen-bond donors (Lipinski definition) is 1. The lowest BCUT2D eigenvalue weighted by molar-refractivity contribution is -0.146. The highest BCUT2D eigenvalue weighted by Crippen LogP contribution is 2.11. The molecule has 2 rings (SSSR count). The first-order chi connectivity index (χ1) is 9.49. The van der Waals surface area contributed by atoms with Gasteiger partial charge < -0.3 is 19.5 Å². The van der Waals surface area contributed by atoms with E-state index in [2.05, 4.69) is 5.32 Å². The SMILES string of the molecule is CC(C)n1cccc1C(=O)NC[C@@H]1CN(C)C(=O)CO1. The Balaban J connectivity index is 1.89. The summed E-state index contributed by atoms with van der Waals surface area (Å²) in [6.07, 6.45) is 1.74. The van der Waals surface area contributed by atoms with Gasteiger partial charge in [0.05, 0.1) is 6.10 Å². The Bertz CT molecular complexity index is 496. The molecule has 6 heteroatoms. The maximum absolute atomic E-state index is 12.2. The van der Waals surface area contributed by atoms with Crippen molar-refractivity contribution >= 4 is 11.8 Å². The molecule has 0 spiro atoms. The van der Waals surface area contributed by atoms with Crippen LogP contribution in [0, 0.1) is 0 Å². The minimum absolute atomic E-state index is 0.0266. The molecule has 6 nitrogen and oxygen atoms in total. The molecule has 110 valence electrons. The number of carbonyl (C=O) groups is 2. The summed E-state index contributed by atoms with van der Waals surface area (Å²) in [7, 11) is 1.74. The Kier molecular flexibility index (Phi) is 4.44. The molecule has 2 amide bonds. The van der Waals surface area contributed by atoms with Crippen LogP contribution in [0.25, 0.3) is 0 Å². The van der Waals surface area contributed by atoms with Crippen molar-refractivity contribution < 1.29 is 14.3 Å². The molecule has 1 aliphatic rings. The van der Waals surface area contributed by atoms with Crippen LogP contribution in [0.3, 0.4) is 0 Å². The number of nitrogens with zero attached hydrogens (tertiary/aromatic N) is 2. The van der Waals surface area contributed by atoms with Crippen LogP contribution >= 0.6 is 0 Å². The monoisotopic (exact) mass is 279 g/mol. The Morgan fingerprint density at radius 2 is 2.30 bits per heavy atom. The van der Waals surface area contributed by atoms with Crippen molar-refractivity contribution in [2.24, 2.45) is 0 Å². The molecule has 1 aromatic rings. The zero-order valence-electron chi connectivity index (χ0n) is 12.1. The van der Waals surface area contributed by atoms with E-state index in [1.54, 1.807) is 18.0 Å². The minimum atomic E-state index is -0.149. The second-order valence-corrected chi connectivity index (χ2v) is 5.31. The van der Waals surface area contributed by atoms with Crippen molar-refractivity contribution in [1.82, 2.24) is 14.8 Å². The average molecular weight is 279 g/mol. The minimum Gasteiger partial charge on any atom is -0.365 e. The highest BCUT2D eigenvalue weighted by atomic mass is 16.5. The summed E-state index contributed by atoms with van der Waals surface area (Å²) >= 11 is 0. The molecule has 2 heterocycles. The zero-order chi connectivity index (χ0) is 14.7. The normalized spacial score (nSPS) is 19.5. The number of rotatable bonds is 4. The smallest absolute Gasteiger partial charge is 0.268 e. The maximum atomic E-state index is 12.2. The maximum Gasteiger partial charge on any atom is 0.268 e. The van der Waals surface area contributed by atoms with Gasteiger partial charge in [0.15, 0.2) is 0 Å². The Labute approximate surface area is 118 Å². The predicted molar refractivity (Wildman–Crippen MR) is 74.5 cm³/mol. The van der Waals surface area contributed by atoms with Gasteiger partial charge in [-0.25, -0.2) is 0 Å². The van der Waals surface area contributed by atoms with Crippen LogP contribution < -0.4 is 5.32 Å². The van der Waals surface area contributed by atoms with Crippen molar-refractivity contribution in [3.05, 3.63) is 24.0 Å². The lowest BCUT2D eigenvalue weighted by Crippen LogP contribution is -2.48. The predicted octanol–water partition coefficient (Wildman–Crippen LogP) is 0.656.